The molecular formula is C14H18O5. The Kier molecular flexibility index (Phi) is 3.83. The lowest BCUT2D eigenvalue weighted by Gasteiger charge is -2.33. The van der Waals surface area contributed by atoms with E-state index < -0.39 is 23.8 Å². The first-order valence-electron chi connectivity index (χ1n) is 6.80. The first-order valence-corrected chi connectivity index (χ1v) is 6.80. The van der Waals surface area contributed by atoms with Gasteiger partial charge in [0.2, 0.25) is 0 Å². The van der Waals surface area contributed by atoms with Gasteiger partial charge in [0.15, 0.2) is 5.78 Å². The average molecular weight is 266 g/mol. The summed E-state index contributed by atoms with van der Waals surface area (Å²) in [5.41, 5.74) is 0. The van der Waals surface area contributed by atoms with Gasteiger partial charge in [-0.3, -0.25) is 19.2 Å². The van der Waals surface area contributed by atoms with Gasteiger partial charge in [-0.2, -0.15) is 0 Å². The van der Waals surface area contributed by atoms with Gasteiger partial charge in [0.1, 0.15) is 11.7 Å². The van der Waals surface area contributed by atoms with E-state index in [0.717, 1.165) is 0 Å². The Morgan fingerprint density at radius 2 is 1.68 bits per heavy atom. The molecule has 0 spiro atoms. The fourth-order valence-corrected chi connectivity index (χ4v) is 3.24. The number of Topliss-reactive ketones (excluding diaryl/α,β-unsaturated/α-hetero) is 2. The minimum Gasteiger partial charge on any atom is -0.392 e. The maximum atomic E-state index is 12.1. The molecule has 0 aromatic rings. The van der Waals surface area contributed by atoms with Crippen LogP contribution in [0.25, 0.3) is 0 Å². The summed E-state index contributed by atoms with van der Waals surface area (Å²) in [6, 6.07) is 0. The van der Waals surface area contributed by atoms with Crippen LogP contribution in [0, 0.1) is 23.7 Å². The molecule has 1 saturated heterocycles. The van der Waals surface area contributed by atoms with E-state index in [2.05, 4.69) is 4.74 Å². The molecule has 1 heterocycles. The Hall–Kier alpha value is -1.52. The van der Waals surface area contributed by atoms with E-state index in [4.69, 9.17) is 0 Å². The van der Waals surface area contributed by atoms with Crippen LogP contribution in [0.4, 0.5) is 0 Å². The maximum Gasteiger partial charge on any atom is 0.324 e. The second-order valence-electron chi connectivity index (χ2n) is 5.35. The lowest BCUT2D eigenvalue weighted by atomic mass is 9.73. The number of ketones is 2. The minimum atomic E-state index is -0.928. The fourth-order valence-electron chi connectivity index (χ4n) is 3.24. The number of fused-ring (bicyclic) bond motifs is 1. The van der Waals surface area contributed by atoms with Crippen molar-refractivity contribution >= 4 is 23.5 Å². The Morgan fingerprint density at radius 1 is 1.00 bits per heavy atom. The number of hydrogen-bond acceptors (Lipinski definition) is 5. The van der Waals surface area contributed by atoms with Gasteiger partial charge in [0.25, 0.3) is 0 Å². The van der Waals surface area contributed by atoms with Gasteiger partial charge < -0.3 is 4.74 Å². The highest BCUT2D eigenvalue weighted by Crippen LogP contribution is 2.40. The van der Waals surface area contributed by atoms with Gasteiger partial charge in [-0.05, 0) is 25.2 Å². The van der Waals surface area contributed by atoms with Gasteiger partial charge in [0.05, 0.1) is 12.3 Å². The van der Waals surface area contributed by atoms with E-state index >= 15 is 0 Å². The zero-order valence-electron chi connectivity index (χ0n) is 11.2. The number of esters is 2. The smallest absolute Gasteiger partial charge is 0.324 e. The highest BCUT2D eigenvalue weighted by atomic mass is 16.6. The largest absolute Gasteiger partial charge is 0.392 e. The molecule has 0 bridgehead atoms. The molecule has 104 valence electrons. The lowest BCUT2D eigenvalue weighted by molar-refractivity contribution is -0.177. The zero-order chi connectivity index (χ0) is 14.2. The highest BCUT2D eigenvalue weighted by Gasteiger charge is 2.51. The molecule has 0 N–H and O–H groups in total. The predicted octanol–water partition coefficient (Wildman–Crippen LogP) is 1.29. The molecule has 2 rings (SSSR count). The maximum absolute atomic E-state index is 12.1. The minimum absolute atomic E-state index is 0.114. The van der Waals surface area contributed by atoms with Crippen LogP contribution in [0.1, 0.15) is 39.5 Å². The van der Waals surface area contributed by atoms with Gasteiger partial charge in [-0.15, -0.1) is 0 Å². The van der Waals surface area contributed by atoms with Crippen molar-refractivity contribution in [2.24, 2.45) is 23.7 Å². The molecule has 1 saturated carbocycles. The molecule has 2 fully saturated rings. The second-order valence-corrected chi connectivity index (χ2v) is 5.35. The summed E-state index contributed by atoms with van der Waals surface area (Å²) in [5.74, 6) is -3.80. The molecule has 0 amide bonds. The molecule has 4 atom stereocenters. The molecule has 4 unspecified atom stereocenters. The van der Waals surface area contributed by atoms with Crippen LogP contribution in [0.3, 0.4) is 0 Å². The van der Waals surface area contributed by atoms with Crippen LogP contribution >= 0.6 is 0 Å². The number of ether oxygens (including phenoxy) is 1. The van der Waals surface area contributed by atoms with Gasteiger partial charge >= 0.3 is 11.9 Å². The van der Waals surface area contributed by atoms with Gasteiger partial charge in [0, 0.05) is 5.92 Å². The van der Waals surface area contributed by atoms with Crippen LogP contribution in [0.2, 0.25) is 0 Å². The van der Waals surface area contributed by atoms with Crippen LogP contribution in [0.5, 0.6) is 0 Å². The molecule has 19 heavy (non-hydrogen) atoms. The summed E-state index contributed by atoms with van der Waals surface area (Å²) in [5, 5.41) is 0. The van der Waals surface area contributed by atoms with Crippen molar-refractivity contribution < 1.29 is 23.9 Å². The second kappa shape index (κ2) is 5.23. The number of carbonyl (C=O) groups is 4. The van der Waals surface area contributed by atoms with Crippen molar-refractivity contribution in [1.82, 2.24) is 0 Å². The topological polar surface area (TPSA) is 77.5 Å². The van der Waals surface area contributed by atoms with Crippen molar-refractivity contribution in [1.29, 1.82) is 0 Å². The summed E-state index contributed by atoms with van der Waals surface area (Å²) < 4.78 is 4.68. The lowest BCUT2D eigenvalue weighted by Crippen LogP contribution is -2.45. The van der Waals surface area contributed by atoms with Crippen LogP contribution in [-0.4, -0.2) is 23.5 Å². The van der Waals surface area contributed by atoms with Crippen molar-refractivity contribution in [2.45, 2.75) is 39.5 Å². The molecule has 5 nitrogen and oxygen atoms in total. The number of carbonyl (C=O) groups excluding carboxylic acids is 4. The van der Waals surface area contributed by atoms with E-state index in [0.29, 0.717) is 19.3 Å². The summed E-state index contributed by atoms with van der Waals surface area (Å²) in [6.07, 6.45) is 1.38. The molecule has 1 aliphatic carbocycles. The van der Waals surface area contributed by atoms with E-state index in [1.165, 1.54) is 0 Å². The normalized spacial score (nSPS) is 35.7. The van der Waals surface area contributed by atoms with E-state index in [1.54, 1.807) is 0 Å². The van der Waals surface area contributed by atoms with E-state index in [1.807, 2.05) is 13.8 Å². The quantitative estimate of drug-likeness (QED) is 0.556. The molecule has 0 aromatic carbocycles. The molecule has 0 radical (unpaired) electrons. The van der Waals surface area contributed by atoms with E-state index in [-0.39, 0.29) is 29.8 Å². The first-order chi connectivity index (χ1) is 8.99. The molecular weight excluding hydrogens is 248 g/mol. The summed E-state index contributed by atoms with van der Waals surface area (Å²) in [6.45, 7) is 3.72. The Balaban J connectivity index is 2.38. The van der Waals surface area contributed by atoms with Crippen LogP contribution in [0.15, 0.2) is 0 Å². The third kappa shape index (κ3) is 2.33. The molecule has 1 aliphatic heterocycles. The Morgan fingerprint density at radius 3 is 2.26 bits per heavy atom. The molecule has 2 aliphatic rings. The van der Waals surface area contributed by atoms with Crippen molar-refractivity contribution in [2.75, 3.05) is 0 Å². The summed E-state index contributed by atoms with van der Waals surface area (Å²) in [4.78, 5) is 47.5. The fraction of sp³-hybridized carbons (Fsp3) is 0.714. The first kappa shape index (κ1) is 13.9. The van der Waals surface area contributed by atoms with Crippen molar-refractivity contribution in [3.05, 3.63) is 0 Å². The van der Waals surface area contributed by atoms with E-state index in [9.17, 15) is 19.2 Å². The zero-order valence-corrected chi connectivity index (χ0v) is 11.2. The Bertz CT molecular complexity index is 437. The number of rotatable bonds is 2. The summed E-state index contributed by atoms with van der Waals surface area (Å²) >= 11 is 0. The third-order valence-corrected chi connectivity index (χ3v) is 4.34. The van der Waals surface area contributed by atoms with Crippen LogP contribution in [-0.2, 0) is 23.9 Å². The standard InChI is InChI=1S/C14H18O5/c1-3-7-5-9-8(4-2)13(17)19-14(18)12(9)11(16)6-10(7)15/h7-9,12H,3-6H2,1-2H3. The molecule has 5 heteroatoms. The SMILES string of the molecule is CCC1CC2C(CC)C(=O)OC(=O)C2C(=O)CC1=O. The van der Waals surface area contributed by atoms with Crippen molar-refractivity contribution in [3.8, 4) is 0 Å². The van der Waals surface area contributed by atoms with Gasteiger partial charge in [-0.25, -0.2) is 0 Å². The molecule has 0 aromatic heterocycles. The Labute approximate surface area is 111 Å². The monoisotopic (exact) mass is 266 g/mol. The van der Waals surface area contributed by atoms with Gasteiger partial charge in [-0.1, -0.05) is 13.8 Å². The highest BCUT2D eigenvalue weighted by molar-refractivity contribution is 6.12. The average Bonchev–Trinajstić information content (AvgIpc) is 2.46. The summed E-state index contributed by atoms with van der Waals surface area (Å²) in [7, 11) is 0. The number of hydrogen-bond donors (Lipinski definition) is 0. The van der Waals surface area contributed by atoms with Crippen LogP contribution < -0.4 is 0 Å². The number of cyclic esters (lactones) is 2. The van der Waals surface area contributed by atoms with Crippen molar-refractivity contribution in [3.63, 3.8) is 0 Å². The predicted molar refractivity (Wildman–Crippen MR) is 64.9 cm³/mol. The third-order valence-electron chi connectivity index (χ3n) is 4.34.